The Labute approximate surface area is 220 Å². The van der Waals surface area contributed by atoms with Gasteiger partial charge in [-0.25, -0.2) is 15.0 Å². The second-order valence-corrected chi connectivity index (χ2v) is 9.51. The van der Waals surface area contributed by atoms with E-state index >= 15 is 0 Å². The highest BCUT2D eigenvalue weighted by Crippen LogP contribution is 2.34. The summed E-state index contributed by atoms with van der Waals surface area (Å²) in [5.41, 5.74) is 2.22. The van der Waals surface area contributed by atoms with Crippen molar-refractivity contribution in [3.05, 3.63) is 77.2 Å². The second kappa shape index (κ2) is 10.8. The molecule has 0 aliphatic heterocycles. The van der Waals surface area contributed by atoms with Gasteiger partial charge in [0.05, 0.1) is 28.9 Å². The fourth-order valence-corrected chi connectivity index (χ4v) is 3.67. The Morgan fingerprint density at radius 1 is 1.03 bits per heavy atom. The first-order valence-electron chi connectivity index (χ1n) is 11.5. The third-order valence-corrected chi connectivity index (χ3v) is 5.85. The summed E-state index contributed by atoms with van der Waals surface area (Å²) in [6.07, 6.45) is 3.01. The second-order valence-electron chi connectivity index (χ2n) is 9.10. The average Bonchev–Trinajstić information content (AvgIpc) is 2.90. The molecule has 0 fully saturated rings. The van der Waals surface area contributed by atoms with Crippen molar-refractivity contribution in [1.82, 2.24) is 19.9 Å². The zero-order valence-corrected chi connectivity index (χ0v) is 21.9. The Balaban J connectivity index is 1.63. The maximum absolute atomic E-state index is 13.3. The molecule has 0 aliphatic carbocycles. The van der Waals surface area contributed by atoms with Crippen LogP contribution in [-0.4, -0.2) is 40.0 Å². The molecule has 0 atom stereocenters. The van der Waals surface area contributed by atoms with Gasteiger partial charge in [0.2, 0.25) is 11.8 Å². The topological polar surface area (TPSA) is 111 Å². The molecule has 0 bridgehead atoms. The number of benzene rings is 2. The first-order chi connectivity index (χ1) is 17.7. The van der Waals surface area contributed by atoms with Crippen molar-refractivity contribution in [2.75, 3.05) is 24.8 Å². The maximum Gasteiger partial charge on any atom is 0.259 e. The molecule has 0 saturated carbocycles. The first-order valence-corrected chi connectivity index (χ1v) is 11.9. The summed E-state index contributed by atoms with van der Waals surface area (Å²) in [6.45, 7) is 6.24. The normalized spacial score (nSPS) is 11.1. The lowest BCUT2D eigenvalue weighted by molar-refractivity contribution is 0.102. The van der Waals surface area contributed by atoms with Crippen molar-refractivity contribution in [3.63, 3.8) is 0 Å². The van der Waals surface area contributed by atoms with Crippen molar-refractivity contribution in [3.8, 4) is 28.8 Å². The van der Waals surface area contributed by atoms with Crippen LogP contribution in [0.1, 0.15) is 36.7 Å². The highest BCUT2D eigenvalue weighted by molar-refractivity contribution is 6.34. The number of nitrogens with zero attached hydrogens (tertiary/aromatic N) is 4. The fraction of sp³-hybridized carbons (Fsp3) is 0.222. The molecule has 0 radical (unpaired) electrons. The van der Waals surface area contributed by atoms with Crippen LogP contribution >= 0.6 is 11.6 Å². The van der Waals surface area contributed by atoms with Gasteiger partial charge >= 0.3 is 0 Å². The minimum atomic E-state index is -0.356. The van der Waals surface area contributed by atoms with Crippen molar-refractivity contribution >= 4 is 29.1 Å². The Kier molecular flexibility index (Phi) is 7.54. The summed E-state index contributed by atoms with van der Waals surface area (Å²) in [4.78, 5) is 30.2. The first kappa shape index (κ1) is 25.8. The molecule has 0 spiro atoms. The lowest BCUT2D eigenvalue weighted by Gasteiger charge is -2.21. The molecule has 9 nitrogen and oxygen atoms in total. The van der Waals surface area contributed by atoms with E-state index in [1.165, 1.54) is 13.4 Å². The summed E-state index contributed by atoms with van der Waals surface area (Å²) >= 11 is 6.42. The molecule has 2 aromatic carbocycles. The molecule has 2 heterocycles. The highest BCUT2D eigenvalue weighted by atomic mass is 35.5. The molecule has 4 aromatic rings. The van der Waals surface area contributed by atoms with Crippen molar-refractivity contribution in [2.45, 2.75) is 26.2 Å². The fourth-order valence-electron chi connectivity index (χ4n) is 3.51. The average molecular weight is 519 g/mol. The van der Waals surface area contributed by atoms with Crippen LogP contribution in [0.25, 0.3) is 11.4 Å². The van der Waals surface area contributed by atoms with Crippen LogP contribution in [-0.2, 0) is 5.41 Å². The van der Waals surface area contributed by atoms with Gasteiger partial charge in [-0.3, -0.25) is 4.79 Å². The Hall–Kier alpha value is -4.24. The largest absolute Gasteiger partial charge is 0.496 e. The van der Waals surface area contributed by atoms with Crippen LogP contribution in [0.2, 0.25) is 5.02 Å². The predicted octanol–water partition coefficient (Wildman–Crippen LogP) is 5.98. The van der Waals surface area contributed by atoms with E-state index in [1.807, 2.05) is 12.1 Å². The van der Waals surface area contributed by atoms with Gasteiger partial charge < -0.3 is 20.1 Å². The van der Waals surface area contributed by atoms with Crippen LogP contribution in [0.15, 0.2) is 61.1 Å². The Morgan fingerprint density at radius 3 is 2.57 bits per heavy atom. The van der Waals surface area contributed by atoms with E-state index in [0.717, 1.165) is 5.56 Å². The molecule has 190 valence electrons. The van der Waals surface area contributed by atoms with Crippen LogP contribution in [0, 0.1) is 0 Å². The third kappa shape index (κ3) is 5.95. The van der Waals surface area contributed by atoms with E-state index in [1.54, 1.807) is 49.6 Å². The zero-order valence-electron chi connectivity index (χ0n) is 21.2. The van der Waals surface area contributed by atoms with Crippen LogP contribution < -0.4 is 20.1 Å². The van der Waals surface area contributed by atoms with Gasteiger partial charge in [0.1, 0.15) is 17.8 Å². The quantitative estimate of drug-likeness (QED) is 0.307. The summed E-state index contributed by atoms with van der Waals surface area (Å²) in [6, 6.07) is 14.1. The number of anilines is 2. The Bertz CT molecular complexity index is 1440. The minimum absolute atomic E-state index is 0.139. The van der Waals surface area contributed by atoms with E-state index in [4.69, 9.17) is 21.1 Å². The smallest absolute Gasteiger partial charge is 0.259 e. The number of halogens is 1. The van der Waals surface area contributed by atoms with E-state index < -0.39 is 0 Å². The maximum atomic E-state index is 13.3. The monoisotopic (exact) mass is 518 g/mol. The Morgan fingerprint density at radius 2 is 1.84 bits per heavy atom. The number of rotatable bonds is 7. The number of amides is 1. The predicted molar refractivity (Wildman–Crippen MR) is 144 cm³/mol. The summed E-state index contributed by atoms with van der Waals surface area (Å²) in [7, 11) is 3.25. The van der Waals surface area contributed by atoms with Crippen LogP contribution in [0.3, 0.4) is 0 Å². The number of nitrogens with one attached hydrogen (secondary N) is 2. The van der Waals surface area contributed by atoms with Crippen molar-refractivity contribution < 1.29 is 14.3 Å². The van der Waals surface area contributed by atoms with Gasteiger partial charge in [0, 0.05) is 19.3 Å². The number of ether oxygens (including phenoxy) is 2. The van der Waals surface area contributed by atoms with Crippen LogP contribution in [0.4, 0.5) is 11.6 Å². The third-order valence-electron chi connectivity index (χ3n) is 5.52. The minimum Gasteiger partial charge on any atom is -0.496 e. The molecule has 0 aliphatic rings. The molecule has 0 unspecified atom stereocenters. The number of hydrogen-bond donors (Lipinski definition) is 2. The molecule has 0 saturated heterocycles. The number of hydrogen-bond acceptors (Lipinski definition) is 8. The lowest BCUT2D eigenvalue weighted by atomic mass is 9.86. The van der Waals surface area contributed by atoms with Gasteiger partial charge in [-0.15, -0.1) is 0 Å². The molecule has 10 heteroatoms. The number of carbonyl (C=O) groups is 1. The van der Waals surface area contributed by atoms with E-state index in [-0.39, 0.29) is 17.2 Å². The summed E-state index contributed by atoms with van der Waals surface area (Å²) in [5, 5.41) is 6.11. The lowest BCUT2D eigenvalue weighted by Crippen LogP contribution is -2.17. The molecular weight excluding hydrogens is 492 g/mol. The number of aromatic nitrogens is 4. The summed E-state index contributed by atoms with van der Waals surface area (Å²) in [5.74, 6) is 1.63. The van der Waals surface area contributed by atoms with Crippen LogP contribution in [0.5, 0.6) is 17.4 Å². The molecule has 37 heavy (non-hydrogen) atoms. The van der Waals surface area contributed by atoms with Gasteiger partial charge in [-0.05, 0) is 47.4 Å². The SMILES string of the molecule is CNc1ncnc(-c2cccnc2Oc2ccc(Cl)c(NC(=O)c3cc(C(C)(C)C)ccc3OC)c2)n1. The van der Waals surface area contributed by atoms with E-state index in [0.29, 0.717) is 45.1 Å². The zero-order chi connectivity index (χ0) is 26.6. The summed E-state index contributed by atoms with van der Waals surface area (Å²) < 4.78 is 11.5. The van der Waals surface area contributed by atoms with E-state index in [9.17, 15) is 4.79 Å². The molecule has 4 rings (SSSR count). The van der Waals surface area contributed by atoms with Gasteiger partial charge in [0.25, 0.3) is 5.91 Å². The van der Waals surface area contributed by atoms with Gasteiger partial charge in [0.15, 0.2) is 5.82 Å². The number of methoxy groups -OCH3 is 1. The van der Waals surface area contributed by atoms with Gasteiger partial charge in [-0.1, -0.05) is 38.4 Å². The van der Waals surface area contributed by atoms with E-state index in [2.05, 4.69) is 51.3 Å². The molecule has 2 aromatic heterocycles. The standard InChI is InChI=1S/C27H27ClN6O3/c1-27(2,3)16-8-11-22(36-5)19(13-16)24(35)33-21-14-17(9-10-20(21)28)37-25-18(7-6-12-30-25)23-31-15-32-26(29-4)34-23/h6-15H,1-5H3,(H,33,35)(H,29,31,32,34). The number of pyridine rings is 1. The van der Waals surface area contributed by atoms with Gasteiger partial charge in [-0.2, -0.15) is 4.98 Å². The number of carbonyl (C=O) groups excluding carboxylic acids is 1. The molecule has 1 amide bonds. The van der Waals surface area contributed by atoms with Crippen molar-refractivity contribution in [1.29, 1.82) is 0 Å². The molecular formula is C27H27ClN6O3. The highest BCUT2D eigenvalue weighted by Gasteiger charge is 2.20. The van der Waals surface area contributed by atoms with Crippen molar-refractivity contribution in [2.24, 2.45) is 0 Å². The molecule has 2 N–H and O–H groups in total.